The number of halogens is 1. The molecule has 2 heterocycles. The zero-order chi connectivity index (χ0) is 22.2. The van der Waals surface area contributed by atoms with E-state index in [1.54, 1.807) is 11.8 Å². The van der Waals surface area contributed by atoms with Crippen molar-refractivity contribution in [1.82, 2.24) is 20.0 Å². The Hall–Kier alpha value is -3.26. The first kappa shape index (κ1) is 21.0. The molecule has 0 radical (unpaired) electrons. The SMILES string of the molecule is CN1CCN(C(=O)CN2C(=O)NC(C)(c3ccc(F)cc3)C2=O)C(c2ccccc2)C1. The predicted molar refractivity (Wildman–Crippen MR) is 112 cm³/mol. The average Bonchev–Trinajstić information content (AvgIpc) is 2.98. The van der Waals surface area contributed by atoms with Crippen molar-refractivity contribution in [3.63, 3.8) is 0 Å². The topological polar surface area (TPSA) is 73.0 Å². The molecule has 2 atom stereocenters. The minimum absolute atomic E-state index is 0.156. The highest BCUT2D eigenvalue weighted by atomic mass is 19.1. The molecule has 0 spiro atoms. The van der Waals surface area contributed by atoms with Gasteiger partial charge < -0.3 is 15.1 Å². The molecule has 1 N–H and O–H groups in total. The molecule has 0 bridgehead atoms. The van der Waals surface area contributed by atoms with Gasteiger partial charge in [0.15, 0.2) is 0 Å². The molecule has 2 aliphatic rings. The first-order chi connectivity index (χ1) is 14.8. The molecule has 4 rings (SSSR count). The molecule has 7 nitrogen and oxygen atoms in total. The fourth-order valence-corrected chi connectivity index (χ4v) is 4.22. The Morgan fingerprint density at radius 2 is 1.77 bits per heavy atom. The van der Waals surface area contributed by atoms with E-state index >= 15 is 0 Å². The van der Waals surface area contributed by atoms with Crippen LogP contribution in [-0.2, 0) is 15.1 Å². The number of rotatable bonds is 4. The van der Waals surface area contributed by atoms with Crippen molar-refractivity contribution >= 4 is 17.8 Å². The summed E-state index contributed by atoms with van der Waals surface area (Å²) in [7, 11) is 2.00. The van der Waals surface area contributed by atoms with Gasteiger partial charge in [0.2, 0.25) is 5.91 Å². The lowest BCUT2D eigenvalue weighted by molar-refractivity contribution is -0.142. The third-order valence-corrected chi connectivity index (χ3v) is 6.08. The Kier molecular flexibility index (Phi) is 5.49. The number of carbonyl (C=O) groups excluding carboxylic acids is 3. The summed E-state index contributed by atoms with van der Waals surface area (Å²) in [5, 5.41) is 2.66. The van der Waals surface area contributed by atoms with Gasteiger partial charge in [0.25, 0.3) is 5.91 Å². The quantitative estimate of drug-likeness (QED) is 0.763. The second-order valence-corrected chi connectivity index (χ2v) is 8.23. The highest BCUT2D eigenvalue weighted by Gasteiger charge is 2.50. The van der Waals surface area contributed by atoms with E-state index < -0.39 is 23.3 Å². The van der Waals surface area contributed by atoms with Gasteiger partial charge in [-0.15, -0.1) is 0 Å². The van der Waals surface area contributed by atoms with Crippen molar-refractivity contribution < 1.29 is 18.8 Å². The maximum absolute atomic E-state index is 13.3. The number of nitrogens with zero attached hydrogens (tertiary/aromatic N) is 3. The van der Waals surface area contributed by atoms with Crippen molar-refractivity contribution in [2.24, 2.45) is 0 Å². The Morgan fingerprint density at radius 1 is 1.10 bits per heavy atom. The third kappa shape index (κ3) is 3.90. The van der Waals surface area contributed by atoms with Gasteiger partial charge in [-0.1, -0.05) is 42.5 Å². The standard InChI is InChI=1S/C23H25FN4O3/c1-23(17-8-10-18(24)11-9-17)21(30)28(22(31)25-23)15-20(29)27-13-12-26(2)14-19(27)16-6-4-3-5-7-16/h3-11,19H,12-15H2,1-2H3,(H,25,31). The summed E-state index contributed by atoms with van der Waals surface area (Å²) in [5.74, 6) is -1.24. The second kappa shape index (κ2) is 8.11. The maximum atomic E-state index is 13.3. The molecule has 8 heteroatoms. The molecule has 0 aromatic heterocycles. The Morgan fingerprint density at radius 3 is 2.45 bits per heavy atom. The summed E-state index contributed by atoms with van der Waals surface area (Å²) >= 11 is 0. The number of amides is 4. The third-order valence-electron chi connectivity index (χ3n) is 6.08. The number of likely N-dealkylation sites (N-methyl/N-ethyl adjacent to an activating group) is 1. The van der Waals surface area contributed by atoms with E-state index in [9.17, 15) is 18.8 Å². The lowest BCUT2D eigenvalue weighted by Gasteiger charge is -2.40. The normalized spacial score (nSPS) is 24.4. The van der Waals surface area contributed by atoms with E-state index in [4.69, 9.17) is 0 Å². The van der Waals surface area contributed by atoms with Crippen molar-refractivity contribution in [3.05, 3.63) is 71.5 Å². The van der Waals surface area contributed by atoms with Crippen molar-refractivity contribution in [2.75, 3.05) is 33.2 Å². The summed E-state index contributed by atoms with van der Waals surface area (Å²) in [4.78, 5) is 43.8. The van der Waals surface area contributed by atoms with Gasteiger partial charge in [0.1, 0.15) is 17.9 Å². The zero-order valence-electron chi connectivity index (χ0n) is 17.5. The molecule has 2 aliphatic heterocycles. The van der Waals surface area contributed by atoms with Gasteiger partial charge in [0.05, 0.1) is 6.04 Å². The molecule has 0 aliphatic carbocycles. The second-order valence-electron chi connectivity index (χ2n) is 8.23. The van der Waals surface area contributed by atoms with Crippen LogP contribution in [0.15, 0.2) is 54.6 Å². The molecule has 2 unspecified atom stereocenters. The monoisotopic (exact) mass is 424 g/mol. The number of imide groups is 1. The van der Waals surface area contributed by atoms with Crippen molar-refractivity contribution in [2.45, 2.75) is 18.5 Å². The van der Waals surface area contributed by atoms with E-state index in [0.29, 0.717) is 25.2 Å². The Bertz CT molecular complexity index is 998. The number of urea groups is 1. The van der Waals surface area contributed by atoms with E-state index in [1.165, 1.54) is 24.3 Å². The van der Waals surface area contributed by atoms with Crippen LogP contribution in [0.1, 0.15) is 24.1 Å². The molecular formula is C23H25FN4O3. The first-order valence-corrected chi connectivity index (χ1v) is 10.2. The summed E-state index contributed by atoms with van der Waals surface area (Å²) in [6.45, 7) is 3.11. The number of carbonyl (C=O) groups is 3. The van der Waals surface area contributed by atoms with Gasteiger partial charge in [0, 0.05) is 19.6 Å². The average molecular weight is 424 g/mol. The largest absolute Gasteiger partial charge is 0.332 e. The number of piperazine rings is 1. The van der Waals surface area contributed by atoms with E-state index in [0.717, 1.165) is 10.5 Å². The zero-order valence-corrected chi connectivity index (χ0v) is 17.5. The number of hydrogen-bond donors (Lipinski definition) is 1. The van der Waals surface area contributed by atoms with Gasteiger partial charge in [-0.2, -0.15) is 0 Å². The molecule has 4 amide bonds. The number of nitrogens with one attached hydrogen (secondary N) is 1. The smallest absolute Gasteiger partial charge is 0.325 e. The Balaban J connectivity index is 1.54. The van der Waals surface area contributed by atoms with Crippen LogP contribution in [-0.4, -0.2) is 65.8 Å². The minimum atomic E-state index is -1.34. The fourth-order valence-electron chi connectivity index (χ4n) is 4.22. The van der Waals surface area contributed by atoms with Crippen LogP contribution in [0.5, 0.6) is 0 Å². The van der Waals surface area contributed by atoms with E-state index in [-0.39, 0.29) is 18.5 Å². The van der Waals surface area contributed by atoms with Crippen LogP contribution in [0.25, 0.3) is 0 Å². The van der Waals surface area contributed by atoms with Crippen LogP contribution >= 0.6 is 0 Å². The van der Waals surface area contributed by atoms with Crippen LogP contribution < -0.4 is 5.32 Å². The number of benzene rings is 2. The van der Waals surface area contributed by atoms with Crippen molar-refractivity contribution in [1.29, 1.82) is 0 Å². The highest BCUT2D eigenvalue weighted by molar-refractivity contribution is 6.09. The Labute approximate surface area is 180 Å². The van der Waals surface area contributed by atoms with Crippen LogP contribution in [0, 0.1) is 5.82 Å². The molecule has 0 saturated carbocycles. The van der Waals surface area contributed by atoms with Crippen LogP contribution in [0.3, 0.4) is 0 Å². The molecule has 2 fully saturated rings. The maximum Gasteiger partial charge on any atom is 0.325 e. The van der Waals surface area contributed by atoms with Gasteiger partial charge >= 0.3 is 6.03 Å². The summed E-state index contributed by atoms with van der Waals surface area (Å²) < 4.78 is 13.3. The molecule has 2 aromatic rings. The van der Waals surface area contributed by atoms with Gasteiger partial charge in [-0.05, 0) is 37.2 Å². The van der Waals surface area contributed by atoms with Crippen LogP contribution in [0.4, 0.5) is 9.18 Å². The molecule has 162 valence electrons. The van der Waals surface area contributed by atoms with Crippen molar-refractivity contribution in [3.8, 4) is 0 Å². The highest BCUT2D eigenvalue weighted by Crippen LogP contribution is 2.30. The summed E-state index contributed by atoms with van der Waals surface area (Å²) in [6.07, 6.45) is 0. The fraction of sp³-hybridized carbons (Fsp3) is 0.348. The lowest BCUT2D eigenvalue weighted by Crippen LogP contribution is -2.52. The minimum Gasteiger partial charge on any atom is -0.332 e. The van der Waals surface area contributed by atoms with E-state index in [1.807, 2.05) is 37.4 Å². The van der Waals surface area contributed by atoms with Gasteiger partial charge in [-0.3, -0.25) is 14.5 Å². The van der Waals surface area contributed by atoms with E-state index in [2.05, 4.69) is 10.2 Å². The summed E-state index contributed by atoms with van der Waals surface area (Å²) in [5.41, 5.74) is 0.131. The summed E-state index contributed by atoms with van der Waals surface area (Å²) in [6, 6.07) is 14.3. The van der Waals surface area contributed by atoms with Gasteiger partial charge in [-0.25, -0.2) is 9.18 Å². The van der Waals surface area contributed by atoms with Crippen LogP contribution in [0.2, 0.25) is 0 Å². The molecule has 2 aromatic carbocycles. The molecular weight excluding hydrogens is 399 g/mol. The lowest BCUT2D eigenvalue weighted by atomic mass is 9.92. The predicted octanol–water partition coefficient (Wildman–Crippen LogP) is 2.11. The molecule has 2 saturated heterocycles. The number of hydrogen-bond acceptors (Lipinski definition) is 4. The molecule has 31 heavy (non-hydrogen) atoms. The first-order valence-electron chi connectivity index (χ1n) is 10.2.